The lowest BCUT2D eigenvalue weighted by atomic mass is 9.99. The molecule has 18 heavy (non-hydrogen) atoms. The lowest BCUT2D eigenvalue weighted by molar-refractivity contribution is -0.160. The number of unbranched alkanes of at least 4 members (excludes halogenated alkanes) is 1. The van der Waals surface area contributed by atoms with E-state index >= 15 is 0 Å². The van der Waals surface area contributed by atoms with Gasteiger partial charge in [-0.1, -0.05) is 13.3 Å². The van der Waals surface area contributed by atoms with Crippen LogP contribution in [0.2, 0.25) is 0 Å². The molecule has 1 fully saturated rings. The lowest BCUT2D eigenvalue weighted by Crippen LogP contribution is -2.53. The Hall–Kier alpha value is -1.10. The molecule has 0 spiro atoms. The average Bonchev–Trinajstić information content (AvgIpc) is 2.72. The van der Waals surface area contributed by atoms with Crippen LogP contribution in [0.25, 0.3) is 0 Å². The van der Waals surface area contributed by atoms with E-state index in [0.29, 0.717) is 19.6 Å². The maximum atomic E-state index is 12.2. The fourth-order valence-corrected chi connectivity index (χ4v) is 2.23. The fraction of sp³-hybridized carbons (Fsp3) is 0.846. The number of amides is 1. The first kappa shape index (κ1) is 15.0. The predicted octanol–water partition coefficient (Wildman–Crippen LogP) is 1.66. The number of hydrogen-bond acceptors (Lipinski definition) is 3. The van der Waals surface area contributed by atoms with Crippen LogP contribution in [0.15, 0.2) is 0 Å². The Kier molecular flexibility index (Phi) is 5.14. The molecule has 104 valence electrons. The first-order valence-electron chi connectivity index (χ1n) is 6.60. The number of likely N-dealkylation sites (tertiary alicyclic amines) is 1. The van der Waals surface area contributed by atoms with Gasteiger partial charge in [0, 0.05) is 13.2 Å². The molecule has 1 amide bonds. The molecule has 5 heteroatoms. The number of hydrogen-bond donors (Lipinski definition) is 1. The topological polar surface area (TPSA) is 66.8 Å². The second-order valence-electron chi connectivity index (χ2n) is 5.04. The molecule has 0 aliphatic carbocycles. The highest BCUT2D eigenvalue weighted by Crippen LogP contribution is 2.30. The SMILES string of the molecule is CCCCOC(C)C(=O)N1CCCC1(C)C(=O)O. The van der Waals surface area contributed by atoms with Crippen molar-refractivity contribution in [2.75, 3.05) is 13.2 Å². The van der Waals surface area contributed by atoms with Gasteiger partial charge in [0.15, 0.2) is 0 Å². The van der Waals surface area contributed by atoms with Crippen molar-refractivity contribution in [2.45, 2.75) is 58.1 Å². The molecule has 1 aliphatic rings. The van der Waals surface area contributed by atoms with Crippen molar-refractivity contribution in [3.63, 3.8) is 0 Å². The monoisotopic (exact) mass is 257 g/mol. The van der Waals surface area contributed by atoms with Crippen molar-refractivity contribution in [1.82, 2.24) is 4.90 Å². The van der Waals surface area contributed by atoms with Crippen LogP contribution >= 0.6 is 0 Å². The smallest absolute Gasteiger partial charge is 0.329 e. The molecule has 1 aliphatic heterocycles. The minimum atomic E-state index is -1.07. The lowest BCUT2D eigenvalue weighted by Gasteiger charge is -2.33. The van der Waals surface area contributed by atoms with Gasteiger partial charge in [-0.15, -0.1) is 0 Å². The highest BCUT2D eigenvalue weighted by atomic mass is 16.5. The number of rotatable bonds is 6. The van der Waals surface area contributed by atoms with Gasteiger partial charge in [0.05, 0.1) is 0 Å². The van der Waals surface area contributed by atoms with Crippen LogP contribution in [0, 0.1) is 0 Å². The van der Waals surface area contributed by atoms with Gasteiger partial charge >= 0.3 is 5.97 Å². The van der Waals surface area contributed by atoms with Crippen molar-refractivity contribution in [3.05, 3.63) is 0 Å². The zero-order valence-corrected chi connectivity index (χ0v) is 11.4. The number of carboxylic acid groups (broad SMARTS) is 1. The summed E-state index contributed by atoms with van der Waals surface area (Å²) in [6.45, 7) is 6.40. The Bertz CT molecular complexity index is 318. The first-order chi connectivity index (χ1) is 8.43. The van der Waals surface area contributed by atoms with Crippen molar-refractivity contribution < 1.29 is 19.4 Å². The van der Waals surface area contributed by atoms with Gasteiger partial charge in [-0.25, -0.2) is 4.79 Å². The van der Waals surface area contributed by atoms with Crippen LogP contribution in [-0.2, 0) is 14.3 Å². The van der Waals surface area contributed by atoms with Gasteiger partial charge in [-0.05, 0) is 33.1 Å². The zero-order valence-electron chi connectivity index (χ0n) is 11.4. The summed E-state index contributed by atoms with van der Waals surface area (Å²) in [5.74, 6) is -1.15. The summed E-state index contributed by atoms with van der Waals surface area (Å²) in [6.07, 6.45) is 2.60. The van der Waals surface area contributed by atoms with E-state index in [9.17, 15) is 14.7 Å². The maximum absolute atomic E-state index is 12.2. The molecule has 0 aromatic heterocycles. The van der Waals surface area contributed by atoms with Gasteiger partial charge in [0.1, 0.15) is 11.6 Å². The van der Waals surface area contributed by atoms with Crippen molar-refractivity contribution >= 4 is 11.9 Å². The molecule has 0 aromatic carbocycles. The first-order valence-corrected chi connectivity index (χ1v) is 6.60. The van der Waals surface area contributed by atoms with Crippen molar-refractivity contribution in [2.24, 2.45) is 0 Å². The number of aliphatic carboxylic acids is 1. The predicted molar refractivity (Wildman–Crippen MR) is 67.3 cm³/mol. The number of carbonyl (C=O) groups excluding carboxylic acids is 1. The summed E-state index contributed by atoms with van der Waals surface area (Å²) in [6, 6.07) is 0. The third-order valence-electron chi connectivity index (χ3n) is 3.58. The van der Waals surface area contributed by atoms with E-state index < -0.39 is 17.6 Å². The summed E-state index contributed by atoms with van der Waals surface area (Å²) < 4.78 is 5.45. The molecule has 0 saturated carbocycles. The second kappa shape index (κ2) is 6.18. The molecular weight excluding hydrogens is 234 g/mol. The molecule has 0 bridgehead atoms. The van der Waals surface area contributed by atoms with E-state index in [0.717, 1.165) is 19.3 Å². The summed E-state index contributed by atoms with van der Waals surface area (Å²) in [7, 11) is 0. The molecular formula is C13H23NO4. The third kappa shape index (κ3) is 3.02. The second-order valence-corrected chi connectivity index (χ2v) is 5.04. The molecule has 5 nitrogen and oxygen atoms in total. The molecule has 2 atom stereocenters. The summed E-state index contributed by atoms with van der Waals surface area (Å²) in [4.78, 5) is 24.9. The maximum Gasteiger partial charge on any atom is 0.329 e. The van der Waals surface area contributed by atoms with Crippen LogP contribution in [0.3, 0.4) is 0 Å². The van der Waals surface area contributed by atoms with Crippen LogP contribution in [0.1, 0.15) is 46.5 Å². The highest BCUT2D eigenvalue weighted by Gasteiger charge is 2.46. The Morgan fingerprint density at radius 2 is 2.17 bits per heavy atom. The van der Waals surface area contributed by atoms with Gasteiger partial charge < -0.3 is 14.7 Å². The zero-order chi connectivity index (χ0) is 13.8. The molecule has 1 N–H and O–H groups in total. The number of carboxylic acids is 1. The summed E-state index contributed by atoms with van der Waals surface area (Å²) in [5, 5.41) is 9.25. The van der Waals surface area contributed by atoms with Crippen LogP contribution < -0.4 is 0 Å². The Morgan fingerprint density at radius 3 is 2.72 bits per heavy atom. The number of nitrogens with zero attached hydrogens (tertiary/aromatic N) is 1. The van der Waals surface area contributed by atoms with E-state index in [-0.39, 0.29) is 5.91 Å². The Balaban J connectivity index is 2.62. The van der Waals surface area contributed by atoms with Gasteiger partial charge in [0.2, 0.25) is 0 Å². The average molecular weight is 257 g/mol. The highest BCUT2D eigenvalue weighted by molar-refractivity contribution is 5.89. The minimum Gasteiger partial charge on any atom is -0.480 e. The Morgan fingerprint density at radius 1 is 1.50 bits per heavy atom. The van der Waals surface area contributed by atoms with E-state index in [4.69, 9.17) is 4.74 Å². The minimum absolute atomic E-state index is 0.214. The largest absolute Gasteiger partial charge is 0.480 e. The van der Waals surface area contributed by atoms with Gasteiger partial charge in [0.25, 0.3) is 5.91 Å². The number of ether oxygens (including phenoxy) is 1. The van der Waals surface area contributed by atoms with Crippen LogP contribution in [-0.4, -0.2) is 46.7 Å². The van der Waals surface area contributed by atoms with E-state index in [2.05, 4.69) is 6.92 Å². The van der Waals surface area contributed by atoms with E-state index in [1.54, 1.807) is 13.8 Å². The van der Waals surface area contributed by atoms with E-state index in [1.165, 1.54) is 4.90 Å². The van der Waals surface area contributed by atoms with E-state index in [1.807, 2.05) is 0 Å². The number of carbonyl (C=O) groups is 2. The standard InChI is InChI=1S/C13H23NO4/c1-4-5-9-18-10(2)11(15)14-8-6-7-13(14,3)12(16)17/h10H,4-9H2,1-3H3,(H,16,17). The van der Waals surface area contributed by atoms with Gasteiger partial charge in [-0.2, -0.15) is 0 Å². The summed E-state index contributed by atoms with van der Waals surface area (Å²) >= 11 is 0. The summed E-state index contributed by atoms with van der Waals surface area (Å²) in [5.41, 5.74) is -1.07. The third-order valence-corrected chi connectivity index (χ3v) is 3.58. The van der Waals surface area contributed by atoms with Gasteiger partial charge in [-0.3, -0.25) is 4.79 Å². The molecule has 1 heterocycles. The molecule has 1 rings (SSSR count). The molecule has 1 saturated heterocycles. The van der Waals surface area contributed by atoms with Crippen LogP contribution in [0.5, 0.6) is 0 Å². The van der Waals surface area contributed by atoms with Crippen LogP contribution in [0.4, 0.5) is 0 Å². The fourth-order valence-electron chi connectivity index (χ4n) is 2.23. The molecule has 2 unspecified atom stereocenters. The Labute approximate surface area is 108 Å². The molecule has 0 radical (unpaired) electrons. The van der Waals surface area contributed by atoms with Crippen molar-refractivity contribution in [1.29, 1.82) is 0 Å². The normalized spacial score (nSPS) is 25.2. The quantitative estimate of drug-likeness (QED) is 0.735. The van der Waals surface area contributed by atoms with Crippen molar-refractivity contribution in [3.8, 4) is 0 Å². The molecule has 0 aromatic rings.